The van der Waals surface area contributed by atoms with Gasteiger partial charge in [0.25, 0.3) is 0 Å². The average Bonchev–Trinajstić information content (AvgIpc) is 2.25. The zero-order valence-electron chi connectivity index (χ0n) is 13.1. The van der Waals surface area contributed by atoms with Gasteiger partial charge in [0.2, 0.25) is 0 Å². The van der Waals surface area contributed by atoms with Crippen molar-refractivity contribution in [1.29, 1.82) is 0 Å². The molecule has 0 saturated carbocycles. The van der Waals surface area contributed by atoms with Gasteiger partial charge in [-0.2, -0.15) is 0 Å². The molecule has 0 fully saturated rings. The van der Waals surface area contributed by atoms with Crippen LogP contribution in [0.25, 0.3) is 0 Å². The lowest BCUT2D eigenvalue weighted by Crippen LogP contribution is -2.68. The summed E-state index contributed by atoms with van der Waals surface area (Å²) in [5, 5.41) is 1.69. The highest BCUT2D eigenvalue weighted by Crippen LogP contribution is 2.29. The second kappa shape index (κ2) is 7.54. The van der Waals surface area contributed by atoms with Crippen LogP contribution in [-0.2, 0) is 0 Å². The van der Waals surface area contributed by atoms with Gasteiger partial charge in [-0.1, -0.05) is 57.6 Å². The molecule has 0 bridgehead atoms. The summed E-state index contributed by atoms with van der Waals surface area (Å²) in [5.74, 6) is 0. The number of unbranched alkanes of at least 4 members (excludes halogenated alkanes) is 1. The Kier molecular flexibility index (Phi) is 7.60. The summed E-state index contributed by atoms with van der Waals surface area (Å²) >= 11 is 0. The minimum Gasteiger partial charge on any atom is -0.336 e. The van der Waals surface area contributed by atoms with Crippen LogP contribution in [0, 0.1) is 0 Å². The molecule has 1 nitrogen and oxygen atoms in total. The molecule has 0 aromatic carbocycles. The predicted octanol–water partition coefficient (Wildman–Crippen LogP) is 4.65. The van der Waals surface area contributed by atoms with Crippen molar-refractivity contribution in [2.45, 2.75) is 72.6 Å². The molecule has 1 unspecified atom stereocenters. The summed E-state index contributed by atoms with van der Waals surface area (Å²) < 4.78 is 0. The smallest absolute Gasteiger partial charge is 0.141 e. The maximum Gasteiger partial charge on any atom is 0.141 e. The molecule has 102 valence electrons. The quantitative estimate of drug-likeness (QED) is 0.500. The van der Waals surface area contributed by atoms with E-state index in [-0.39, 0.29) is 0 Å². The Labute approximate surface area is 111 Å². The molecule has 1 atom stereocenters. The number of allylic oxidation sites excluding steroid dienone is 2. The van der Waals surface area contributed by atoms with Gasteiger partial charge in [-0.25, -0.2) is 0 Å². The van der Waals surface area contributed by atoms with Crippen LogP contribution in [0.5, 0.6) is 0 Å². The third kappa shape index (κ3) is 4.38. The van der Waals surface area contributed by atoms with Crippen LogP contribution in [-0.4, -0.2) is 21.9 Å². The molecule has 1 N–H and O–H groups in total. The summed E-state index contributed by atoms with van der Waals surface area (Å²) in [4.78, 5) is 4.06. The molecule has 0 aliphatic rings. The molecule has 0 amide bonds. The summed E-state index contributed by atoms with van der Waals surface area (Å²) in [6.07, 6.45) is 6.31. The average molecular weight is 272 g/mol. The van der Waals surface area contributed by atoms with Crippen LogP contribution in [0.3, 0.4) is 0 Å². The van der Waals surface area contributed by atoms with E-state index in [9.17, 15) is 0 Å². The van der Waals surface area contributed by atoms with E-state index in [0.717, 1.165) is 0 Å². The Morgan fingerprint density at radius 1 is 1.12 bits per heavy atom. The van der Waals surface area contributed by atoms with Crippen molar-refractivity contribution in [3.8, 4) is 0 Å². The minimum absolute atomic E-state index is 1.13. The molecule has 0 heterocycles. The van der Waals surface area contributed by atoms with Crippen molar-refractivity contribution in [2.24, 2.45) is 0 Å². The van der Waals surface area contributed by atoms with Crippen LogP contribution in [0.1, 0.15) is 47.0 Å². The van der Waals surface area contributed by atoms with E-state index < -0.39 is 15.3 Å². The molecular formula is C14H33NSi2. The number of hydrogen-bond acceptors (Lipinski definition) is 1. The van der Waals surface area contributed by atoms with E-state index in [2.05, 4.69) is 58.4 Å². The maximum atomic E-state index is 4.06. The molecule has 0 spiro atoms. The van der Waals surface area contributed by atoms with E-state index in [0.29, 0.717) is 0 Å². The highest BCUT2D eigenvalue weighted by Gasteiger charge is 2.45. The van der Waals surface area contributed by atoms with E-state index in [1.807, 2.05) is 0 Å². The zero-order chi connectivity index (χ0) is 13.5. The van der Waals surface area contributed by atoms with Crippen LogP contribution in [0.4, 0.5) is 0 Å². The molecule has 0 aliphatic carbocycles. The molecule has 0 aromatic heterocycles. The molecule has 0 saturated heterocycles. The van der Waals surface area contributed by atoms with Gasteiger partial charge in [0.05, 0.1) is 7.59 Å². The lowest BCUT2D eigenvalue weighted by atomic mass is 10.3. The summed E-state index contributed by atoms with van der Waals surface area (Å²) in [5.41, 5.74) is 0. The van der Waals surface area contributed by atoms with Gasteiger partial charge in [0.15, 0.2) is 0 Å². The highest BCUT2D eigenvalue weighted by molar-refractivity contribution is 7.42. The van der Waals surface area contributed by atoms with E-state index >= 15 is 0 Å². The van der Waals surface area contributed by atoms with Crippen molar-refractivity contribution in [3.05, 3.63) is 11.3 Å². The fourth-order valence-electron chi connectivity index (χ4n) is 2.76. The SMILES string of the molecule is C/C=C(\C)[Si](CCC)(NCCCC)[Si](C)(C)C. The Morgan fingerprint density at radius 2 is 1.71 bits per heavy atom. The topological polar surface area (TPSA) is 12.0 Å². The van der Waals surface area contributed by atoms with Crippen molar-refractivity contribution >= 4 is 15.3 Å². The molecular weight excluding hydrogens is 238 g/mol. The lowest BCUT2D eigenvalue weighted by Gasteiger charge is -2.43. The first-order chi connectivity index (χ1) is 7.85. The maximum absolute atomic E-state index is 4.06. The summed E-state index contributed by atoms with van der Waals surface area (Å²) in [6, 6.07) is 1.42. The number of hydrogen-bond donors (Lipinski definition) is 1. The first-order valence-corrected chi connectivity index (χ1v) is 13.9. The fraction of sp³-hybridized carbons (Fsp3) is 0.857. The normalized spacial score (nSPS) is 17.0. The molecule has 17 heavy (non-hydrogen) atoms. The van der Waals surface area contributed by atoms with Crippen LogP contribution < -0.4 is 4.98 Å². The van der Waals surface area contributed by atoms with Gasteiger partial charge >= 0.3 is 0 Å². The third-order valence-corrected chi connectivity index (χ3v) is 20.4. The zero-order valence-corrected chi connectivity index (χ0v) is 15.1. The summed E-state index contributed by atoms with van der Waals surface area (Å²) in [6.45, 7) is 18.1. The largest absolute Gasteiger partial charge is 0.336 e. The Bertz CT molecular complexity index is 243. The lowest BCUT2D eigenvalue weighted by molar-refractivity contribution is 0.753. The molecule has 0 rings (SSSR count). The molecule has 3 heteroatoms. The second-order valence-corrected chi connectivity index (χ2v) is 21.2. The minimum atomic E-state index is -1.39. The van der Waals surface area contributed by atoms with Crippen LogP contribution in [0.2, 0.25) is 25.7 Å². The molecule has 0 aliphatic heterocycles. The van der Waals surface area contributed by atoms with Gasteiger partial charge in [0.1, 0.15) is 7.75 Å². The Balaban J connectivity index is 5.11. The highest BCUT2D eigenvalue weighted by atomic mass is 29.3. The second-order valence-electron chi connectivity index (χ2n) is 6.16. The monoisotopic (exact) mass is 271 g/mol. The Hall–Kier alpha value is 0.134. The first-order valence-electron chi connectivity index (χ1n) is 7.24. The van der Waals surface area contributed by atoms with E-state index in [1.165, 1.54) is 31.9 Å². The van der Waals surface area contributed by atoms with Crippen molar-refractivity contribution in [1.82, 2.24) is 4.98 Å². The van der Waals surface area contributed by atoms with E-state index in [1.54, 1.807) is 5.20 Å². The molecule has 0 radical (unpaired) electrons. The van der Waals surface area contributed by atoms with Gasteiger partial charge in [-0.05, 0) is 32.9 Å². The Morgan fingerprint density at radius 3 is 2.06 bits per heavy atom. The van der Waals surface area contributed by atoms with Gasteiger partial charge in [0, 0.05) is 0 Å². The molecule has 0 aromatic rings. The third-order valence-electron chi connectivity index (χ3n) is 3.97. The predicted molar refractivity (Wildman–Crippen MR) is 86.5 cm³/mol. The number of nitrogens with one attached hydrogen (secondary N) is 1. The van der Waals surface area contributed by atoms with Crippen molar-refractivity contribution < 1.29 is 0 Å². The fourth-order valence-corrected chi connectivity index (χ4v) is 16.9. The van der Waals surface area contributed by atoms with E-state index in [4.69, 9.17) is 0 Å². The van der Waals surface area contributed by atoms with Crippen LogP contribution >= 0.6 is 0 Å². The van der Waals surface area contributed by atoms with Gasteiger partial charge in [-0.15, -0.1) is 0 Å². The number of rotatable bonds is 8. The van der Waals surface area contributed by atoms with Gasteiger partial charge < -0.3 is 4.98 Å². The summed E-state index contributed by atoms with van der Waals surface area (Å²) in [7, 11) is -2.52. The first kappa shape index (κ1) is 17.1. The standard InChI is InChI=1S/C14H33NSi2/c1-8-11-12-15-17(13-9-2,14(4)10-3)16(5,6)7/h10,15H,8-9,11-13H2,1-7H3/b14-10+. The van der Waals surface area contributed by atoms with Gasteiger partial charge in [-0.3, -0.25) is 0 Å². The van der Waals surface area contributed by atoms with Crippen LogP contribution in [0.15, 0.2) is 11.3 Å². The van der Waals surface area contributed by atoms with Crippen molar-refractivity contribution in [3.63, 3.8) is 0 Å². The van der Waals surface area contributed by atoms with Crippen molar-refractivity contribution in [2.75, 3.05) is 6.54 Å².